The molecule has 0 unspecified atom stereocenters. The van der Waals surface area contributed by atoms with Crippen molar-refractivity contribution in [2.45, 2.75) is 70.2 Å². The number of rotatable bonds is 15. The van der Waals surface area contributed by atoms with Crippen molar-refractivity contribution in [3.8, 4) is 0 Å². The second kappa shape index (κ2) is 20.3. The second-order valence-corrected chi connectivity index (χ2v) is 15.2. The minimum Gasteiger partial charge on any atom is -0.480 e. The van der Waals surface area contributed by atoms with E-state index in [-0.39, 0.29) is 65.4 Å². The lowest BCUT2D eigenvalue weighted by atomic mass is 10.1. The highest BCUT2D eigenvalue weighted by Crippen LogP contribution is 2.28. The number of anilines is 2. The van der Waals surface area contributed by atoms with Crippen molar-refractivity contribution in [2.24, 2.45) is 0 Å². The first-order valence-corrected chi connectivity index (χ1v) is 20.0. The van der Waals surface area contributed by atoms with Crippen LogP contribution in [0.3, 0.4) is 0 Å². The van der Waals surface area contributed by atoms with Crippen LogP contribution in [0.2, 0.25) is 10.0 Å². The molecular formula is C41H43Cl2F2N11O5. The molecule has 4 aromatic heterocycles. The largest absolute Gasteiger partial charge is 0.480 e. The first-order chi connectivity index (χ1) is 29.3. The minimum atomic E-state index is -0.917. The number of aromatic nitrogens is 6. The fourth-order valence-corrected chi connectivity index (χ4v) is 6.62. The molecule has 320 valence electrons. The predicted octanol–water partition coefficient (Wildman–Crippen LogP) is 4.94. The standard InChI is InChI=1S/C20H20ClFN6O2.C13H15ClFNO.C8H8N4O2/c21-15-3-1-2-12(18(15)22)8-24-16(29)9-28(13-4-5-13)17(30)10-27-7-6-14-19(23)25-11-26-20(14)27;14-12-3-1-2-9(13(12)15)4-7-11(17)8-16-10-5-6-10;9-7-5-1-2-12(3-6(13)14)8(5)11-4-10-7/h1-3,6-7,11,13H,4-5,8-10H2,(H,24,29)(H2,23,25,26);1-3,10,16H,4-8H2;1-2,4H,3H2,(H,13,14)(H2,9,10,11). The smallest absolute Gasteiger partial charge is 0.323 e. The third-order valence-electron chi connectivity index (χ3n) is 9.78. The summed E-state index contributed by atoms with van der Waals surface area (Å²) in [5, 5.41) is 15.9. The number of benzene rings is 2. The molecule has 20 heteroatoms. The molecule has 61 heavy (non-hydrogen) atoms. The maximum atomic E-state index is 14.0. The van der Waals surface area contributed by atoms with Gasteiger partial charge in [0.1, 0.15) is 66.1 Å². The average Bonchev–Trinajstić information content (AvgIpc) is 4.17. The van der Waals surface area contributed by atoms with Crippen LogP contribution in [-0.4, -0.2) is 87.8 Å². The lowest BCUT2D eigenvalue weighted by Gasteiger charge is -2.22. The van der Waals surface area contributed by atoms with E-state index in [1.165, 1.54) is 29.4 Å². The molecule has 2 aliphatic rings. The fourth-order valence-electron chi connectivity index (χ4n) is 6.23. The molecule has 2 aromatic carbocycles. The summed E-state index contributed by atoms with van der Waals surface area (Å²) in [6.07, 6.45) is 10.8. The molecule has 0 bridgehead atoms. The third kappa shape index (κ3) is 12.2. The van der Waals surface area contributed by atoms with Crippen LogP contribution in [-0.2, 0) is 45.2 Å². The van der Waals surface area contributed by atoms with E-state index < -0.39 is 17.6 Å². The highest BCUT2D eigenvalue weighted by Gasteiger charge is 2.34. The van der Waals surface area contributed by atoms with Gasteiger partial charge in [0.15, 0.2) is 0 Å². The second-order valence-electron chi connectivity index (χ2n) is 14.4. The summed E-state index contributed by atoms with van der Waals surface area (Å²) in [7, 11) is 0. The molecule has 6 aromatic rings. The molecule has 2 saturated carbocycles. The van der Waals surface area contributed by atoms with Gasteiger partial charge in [-0.2, -0.15) is 0 Å². The Balaban J connectivity index is 0.000000169. The number of carboxylic acid groups (broad SMARTS) is 1. The summed E-state index contributed by atoms with van der Waals surface area (Å²) in [4.78, 5) is 64.8. The maximum absolute atomic E-state index is 14.0. The van der Waals surface area contributed by atoms with Crippen molar-refractivity contribution in [1.29, 1.82) is 0 Å². The summed E-state index contributed by atoms with van der Waals surface area (Å²) in [5.74, 6) is -1.62. The van der Waals surface area contributed by atoms with Gasteiger partial charge in [-0.1, -0.05) is 47.5 Å². The van der Waals surface area contributed by atoms with E-state index >= 15 is 0 Å². The van der Waals surface area contributed by atoms with Crippen LogP contribution >= 0.6 is 23.2 Å². The topological polar surface area (TPSA) is 229 Å². The molecule has 2 aliphatic carbocycles. The number of aliphatic carboxylic acids is 1. The first kappa shape index (κ1) is 44.3. The summed E-state index contributed by atoms with van der Waals surface area (Å²) in [6.45, 7) is 0.206. The molecule has 0 saturated heterocycles. The van der Waals surface area contributed by atoms with Crippen molar-refractivity contribution in [2.75, 3.05) is 24.6 Å². The molecule has 2 fully saturated rings. The number of nitrogen functional groups attached to an aromatic ring is 2. The Morgan fingerprint density at radius 3 is 1.90 bits per heavy atom. The number of hydrogen-bond acceptors (Lipinski definition) is 11. The van der Waals surface area contributed by atoms with Crippen molar-refractivity contribution >= 4 is 80.5 Å². The van der Waals surface area contributed by atoms with Gasteiger partial charge in [-0.05, 0) is 61.9 Å². The van der Waals surface area contributed by atoms with Crippen molar-refractivity contribution < 1.29 is 33.1 Å². The normalized spacial score (nSPS) is 13.2. The zero-order chi connectivity index (χ0) is 43.6. The van der Waals surface area contributed by atoms with Crippen molar-refractivity contribution in [3.63, 3.8) is 0 Å². The summed E-state index contributed by atoms with van der Waals surface area (Å²) in [5.41, 5.74) is 13.3. The van der Waals surface area contributed by atoms with Crippen LogP contribution in [0.15, 0.2) is 73.6 Å². The van der Waals surface area contributed by atoms with Gasteiger partial charge in [0, 0.05) is 43.0 Å². The molecule has 7 N–H and O–H groups in total. The van der Waals surface area contributed by atoms with E-state index in [1.807, 2.05) is 0 Å². The van der Waals surface area contributed by atoms with Crippen molar-refractivity contribution in [1.82, 2.24) is 44.6 Å². The number of fused-ring (bicyclic) bond motifs is 2. The Kier molecular flexibility index (Phi) is 14.8. The third-order valence-corrected chi connectivity index (χ3v) is 10.4. The van der Waals surface area contributed by atoms with Crippen LogP contribution in [0.25, 0.3) is 22.1 Å². The zero-order valence-electron chi connectivity index (χ0n) is 32.7. The fraction of sp³-hybridized carbons (Fsp3) is 0.317. The van der Waals surface area contributed by atoms with E-state index in [0.717, 1.165) is 25.7 Å². The highest BCUT2D eigenvalue weighted by atomic mass is 35.5. The Hall–Kier alpha value is -6.24. The van der Waals surface area contributed by atoms with E-state index in [2.05, 4.69) is 30.6 Å². The van der Waals surface area contributed by atoms with Crippen LogP contribution in [0.5, 0.6) is 0 Å². The SMILES string of the molecule is Nc1ncnc2c1ccn2CC(=O)N(CC(=O)NCc1cccc(Cl)c1F)C1CC1.Nc1ncnc2c1ccn2CC(=O)O.O=C(CCc1cccc(Cl)c1F)CNC1CC1. The van der Waals surface area contributed by atoms with Crippen LogP contribution < -0.4 is 22.1 Å². The molecule has 0 radical (unpaired) electrons. The van der Waals surface area contributed by atoms with Crippen molar-refractivity contribution in [3.05, 3.63) is 106 Å². The summed E-state index contributed by atoms with van der Waals surface area (Å²) < 4.78 is 30.7. The first-order valence-electron chi connectivity index (χ1n) is 19.3. The van der Waals surface area contributed by atoms with Crippen LogP contribution in [0.4, 0.5) is 20.4 Å². The van der Waals surface area contributed by atoms with Crippen LogP contribution in [0, 0.1) is 11.6 Å². The minimum absolute atomic E-state index is 0.0000657. The van der Waals surface area contributed by atoms with Crippen LogP contribution in [0.1, 0.15) is 43.2 Å². The van der Waals surface area contributed by atoms with Gasteiger partial charge in [-0.25, -0.2) is 28.7 Å². The molecule has 0 aliphatic heterocycles. The van der Waals surface area contributed by atoms with Gasteiger partial charge in [0.05, 0.1) is 33.9 Å². The zero-order valence-corrected chi connectivity index (χ0v) is 34.3. The molecule has 4 heterocycles. The van der Waals surface area contributed by atoms with Gasteiger partial charge < -0.3 is 41.2 Å². The molecule has 0 spiro atoms. The van der Waals surface area contributed by atoms with Gasteiger partial charge in [-0.3, -0.25) is 19.2 Å². The number of nitrogens with two attached hydrogens (primary N) is 2. The monoisotopic (exact) mass is 877 g/mol. The van der Waals surface area contributed by atoms with E-state index in [9.17, 15) is 28.0 Å². The molecule has 16 nitrogen and oxygen atoms in total. The number of carbonyl (C=O) groups is 4. The van der Waals surface area contributed by atoms with Gasteiger partial charge in [0.25, 0.3) is 0 Å². The predicted molar refractivity (Wildman–Crippen MR) is 225 cm³/mol. The quantitative estimate of drug-likeness (QED) is 0.0924. The van der Waals surface area contributed by atoms with Gasteiger partial charge in [-0.15, -0.1) is 0 Å². The number of nitrogens with zero attached hydrogens (tertiary/aromatic N) is 7. The number of aryl methyl sites for hydroxylation is 1. The number of carbonyl (C=O) groups excluding carboxylic acids is 3. The summed E-state index contributed by atoms with van der Waals surface area (Å²) in [6, 6.07) is 13.5. The van der Waals surface area contributed by atoms with E-state index in [0.29, 0.717) is 64.7 Å². The number of carboxylic acids is 1. The lowest BCUT2D eigenvalue weighted by molar-refractivity contribution is -0.137. The molecule has 0 atom stereocenters. The Morgan fingerprint density at radius 2 is 1.34 bits per heavy atom. The Labute approximate surface area is 358 Å². The highest BCUT2D eigenvalue weighted by molar-refractivity contribution is 6.31. The maximum Gasteiger partial charge on any atom is 0.323 e. The van der Waals surface area contributed by atoms with E-state index in [1.54, 1.807) is 58.3 Å². The number of hydrogen-bond donors (Lipinski definition) is 5. The number of ketones is 1. The number of amides is 2. The Bertz CT molecular complexity index is 2550. The Morgan fingerprint density at radius 1 is 0.787 bits per heavy atom. The van der Waals surface area contributed by atoms with E-state index in [4.69, 9.17) is 39.8 Å². The molecule has 8 rings (SSSR count). The number of halogens is 4. The number of Topliss-reactive ketones (excluding diaryl/α,β-unsaturated/α-hetero) is 1. The van der Waals surface area contributed by atoms with Gasteiger partial charge >= 0.3 is 5.97 Å². The van der Waals surface area contributed by atoms with Gasteiger partial charge in [0.2, 0.25) is 11.8 Å². The summed E-state index contributed by atoms with van der Waals surface area (Å²) >= 11 is 11.4. The molecular weight excluding hydrogens is 835 g/mol. The lowest BCUT2D eigenvalue weighted by Crippen LogP contribution is -2.43. The molecule has 2 amide bonds. The average molecular weight is 879 g/mol. The number of nitrogens with one attached hydrogen (secondary N) is 2.